The Balaban J connectivity index is 1.65. The maximum absolute atomic E-state index is 13.2. The average Bonchev–Trinajstić information content (AvgIpc) is 3.23. The number of carbonyl (C=O) groups excluding carboxylic acids is 1. The highest BCUT2D eigenvalue weighted by Crippen LogP contribution is 2.36. The van der Waals surface area contributed by atoms with Crippen molar-refractivity contribution < 1.29 is 4.79 Å². The number of anilines is 1. The van der Waals surface area contributed by atoms with Crippen LogP contribution in [-0.2, 0) is 6.42 Å². The van der Waals surface area contributed by atoms with Crippen molar-refractivity contribution in [2.45, 2.75) is 26.2 Å². The molecule has 0 aliphatic carbocycles. The van der Waals surface area contributed by atoms with Crippen LogP contribution in [0.15, 0.2) is 41.2 Å². The summed E-state index contributed by atoms with van der Waals surface area (Å²) in [6.07, 6.45) is 0.314. The third-order valence-corrected chi connectivity index (χ3v) is 7.02. The van der Waals surface area contributed by atoms with E-state index in [-0.39, 0.29) is 17.5 Å². The molecular formula is C27H30Cl3N7O2. The quantitative estimate of drug-likeness (QED) is 0.285. The third-order valence-electron chi connectivity index (χ3n) is 6.22. The Morgan fingerprint density at radius 2 is 1.69 bits per heavy atom. The second-order valence-corrected chi connectivity index (χ2v) is 11.1. The summed E-state index contributed by atoms with van der Waals surface area (Å²) in [5.41, 5.74) is 2.74. The van der Waals surface area contributed by atoms with Gasteiger partial charge in [0.2, 0.25) is 0 Å². The molecule has 0 radical (unpaired) electrons. The highest BCUT2D eigenvalue weighted by molar-refractivity contribution is 6.40. The van der Waals surface area contributed by atoms with E-state index in [9.17, 15) is 9.59 Å². The molecule has 0 unspecified atom stereocenters. The Labute approximate surface area is 242 Å². The average molecular weight is 591 g/mol. The van der Waals surface area contributed by atoms with Gasteiger partial charge in [0.1, 0.15) is 17.1 Å². The molecule has 0 atom stereocenters. The molecule has 2 amide bonds. The Morgan fingerprint density at radius 1 is 1.05 bits per heavy atom. The van der Waals surface area contributed by atoms with Crippen molar-refractivity contribution in [1.29, 1.82) is 0 Å². The molecule has 0 saturated carbocycles. The predicted molar refractivity (Wildman–Crippen MR) is 157 cm³/mol. The first kappa shape index (κ1) is 28.9. The van der Waals surface area contributed by atoms with E-state index in [1.807, 2.05) is 57.1 Å². The Morgan fingerprint density at radius 3 is 2.28 bits per heavy atom. The number of halogens is 3. The van der Waals surface area contributed by atoms with Gasteiger partial charge in [-0.25, -0.2) is 14.5 Å². The smallest absolute Gasteiger partial charge is 0.321 e. The van der Waals surface area contributed by atoms with Gasteiger partial charge in [-0.15, -0.1) is 0 Å². The van der Waals surface area contributed by atoms with Crippen LogP contribution in [0.1, 0.15) is 36.8 Å². The lowest BCUT2D eigenvalue weighted by molar-refractivity contribution is 0.246. The molecule has 2 aliphatic rings. The summed E-state index contributed by atoms with van der Waals surface area (Å²) >= 11 is 19.1. The largest absolute Gasteiger partial charge is 0.336 e. The molecule has 2 aromatic carbocycles. The summed E-state index contributed by atoms with van der Waals surface area (Å²) in [4.78, 5) is 38.2. The molecule has 0 spiro atoms. The van der Waals surface area contributed by atoms with E-state index in [2.05, 4.69) is 15.4 Å². The minimum Gasteiger partial charge on any atom is -0.336 e. The molecule has 39 heavy (non-hydrogen) atoms. The molecule has 0 fully saturated rings. The molecule has 9 nitrogen and oxygen atoms in total. The van der Waals surface area contributed by atoms with Crippen LogP contribution >= 0.6 is 34.8 Å². The molecule has 0 saturated heterocycles. The van der Waals surface area contributed by atoms with E-state index >= 15 is 0 Å². The summed E-state index contributed by atoms with van der Waals surface area (Å²) in [7, 11) is 5.62. The second-order valence-electron chi connectivity index (χ2n) is 9.81. The number of amides is 2. The van der Waals surface area contributed by atoms with Gasteiger partial charge in [0.05, 0.1) is 15.7 Å². The van der Waals surface area contributed by atoms with Crippen LogP contribution in [-0.4, -0.2) is 64.9 Å². The highest BCUT2D eigenvalue weighted by atomic mass is 35.5. The monoisotopic (exact) mass is 589 g/mol. The fourth-order valence-corrected chi connectivity index (χ4v) is 5.13. The zero-order valence-corrected chi connectivity index (χ0v) is 24.6. The minimum atomic E-state index is -0.388. The first-order chi connectivity index (χ1) is 18.5. The number of nitrogens with zero attached hydrogens (tertiary/aromatic N) is 5. The van der Waals surface area contributed by atoms with Gasteiger partial charge in [-0.1, -0.05) is 60.8 Å². The van der Waals surface area contributed by atoms with Gasteiger partial charge in [0.15, 0.2) is 5.82 Å². The Bertz CT molecular complexity index is 1490. The van der Waals surface area contributed by atoms with E-state index < -0.39 is 0 Å². The molecular weight excluding hydrogens is 561 g/mol. The van der Waals surface area contributed by atoms with Crippen molar-refractivity contribution in [3.05, 3.63) is 78.9 Å². The number of hydrogen-bond donors (Lipinski definition) is 2. The van der Waals surface area contributed by atoms with Gasteiger partial charge in [0.25, 0.3) is 5.56 Å². The van der Waals surface area contributed by atoms with E-state index in [1.165, 1.54) is 0 Å². The van der Waals surface area contributed by atoms with Crippen molar-refractivity contribution in [2.24, 2.45) is 0 Å². The molecule has 12 heteroatoms. The molecule has 0 aromatic heterocycles. The fraction of sp³-hybridized carbons (Fsp3) is 0.333. The number of aromatic nitrogens is 4. The Hall–Kier alpha value is -3.11. The number of carbonyl (C=O) groups is 1. The van der Waals surface area contributed by atoms with Gasteiger partial charge in [0, 0.05) is 37.3 Å². The SMILES string of the molecule is CC(C)c1[nH]n(-c2c(Cl)cc(Cl)cc2Cl)c2nc(Cc3ccc(N(C)C(=O)NCCN(C)C)cc3)nc(=O)c1-2. The molecule has 0 bridgehead atoms. The van der Waals surface area contributed by atoms with Crippen LogP contribution in [0.3, 0.4) is 0 Å². The van der Waals surface area contributed by atoms with Gasteiger partial charge in [-0.2, -0.15) is 4.98 Å². The summed E-state index contributed by atoms with van der Waals surface area (Å²) in [5, 5.41) is 7.16. The first-order valence-corrected chi connectivity index (χ1v) is 13.5. The molecule has 206 valence electrons. The van der Waals surface area contributed by atoms with E-state index in [0.717, 1.165) is 17.8 Å². The highest BCUT2D eigenvalue weighted by Gasteiger charge is 2.27. The number of hydrogen-bond acceptors (Lipinski definition) is 5. The van der Waals surface area contributed by atoms with Gasteiger partial charge in [-0.05, 0) is 49.8 Å². The lowest BCUT2D eigenvalue weighted by Gasteiger charge is -2.19. The van der Waals surface area contributed by atoms with Gasteiger partial charge in [-0.3, -0.25) is 14.8 Å². The normalized spacial score (nSPS) is 11.5. The van der Waals surface area contributed by atoms with E-state index in [4.69, 9.17) is 39.8 Å². The van der Waals surface area contributed by atoms with Crippen LogP contribution < -0.4 is 15.8 Å². The van der Waals surface area contributed by atoms with Crippen LogP contribution in [0.25, 0.3) is 17.1 Å². The second kappa shape index (κ2) is 12.0. The molecule has 2 aliphatic heterocycles. The van der Waals surface area contributed by atoms with Crippen molar-refractivity contribution >= 4 is 46.5 Å². The summed E-state index contributed by atoms with van der Waals surface area (Å²) in [6.45, 7) is 5.24. The minimum absolute atomic E-state index is 0.00892. The van der Waals surface area contributed by atoms with E-state index in [1.54, 1.807) is 28.8 Å². The zero-order valence-electron chi connectivity index (χ0n) is 22.3. The fourth-order valence-electron chi connectivity index (χ4n) is 4.15. The van der Waals surface area contributed by atoms with Crippen LogP contribution in [0, 0.1) is 0 Å². The van der Waals surface area contributed by atoms with E-state index in [0.29, 0.717) is 56.6 Å². The molecule has 2 aromatic rings. The molecule has 2 heterocycles. The standard InChI is InChI=1S/C27H30Cl3N7O2/c1-15(2)23-22-25(37(34-23)24-19(29)13-17(28)14-20(24)30)32-21(33-26(22)38)12-16-6-8-18(9-7-16)36(5)27(39)31-10-11-35(3)4/h6-9,13-15,34H,10-12H2,1-5H3,(H,31,39). The third kappa shape index (κ3) is 6.38. The van der Waals surface area contributed by atoms with Crippen molar-refractivity contribution in [3.8, 4) is 17.1 Å². The number of rotatable bonds is 8. The Kier molecular flexibility index (Phi) is 8.86. The maximum Gasteiger partial charge on any atom is 0.321 e. The zero-order chi connectivity index (χ0) is 28.4. The lowest BCUT2D eigenvalue weighted by Crippen LogP contribution is -2.40. The van der Waals surface area contributed by atoms with Crippen molar-refractivity contribution in [2.75, 3.05) is 39.1 Å². The number of likely N-dealkylation sites (N-methyl/N-ethyl adjacent to an activating group) is 1. The van der Waals surface area contributed by atoms with Gasteiger partial charge >= 0.3 is 6.03 Å². The van der Waals surface area contributed by atoms with Gasteiger partial charge < -0.3 is 10.2 Å². The number of fused-ring (bicyclic) bond motifs is 1. The number of benzene rings is 2. The number of urea groups is 1. The first-order valence-electron chi connectivity index (χ1n) is 12.4. The van der Waals surface area contributed by atoms with Crippen LogP contribution in [0.2, 0.25) is 15.1 Å². The predicted octanol–water partition coefficient (Wildman–Crippen LogP) is 5.44. The number of aromatic amines is 1. The number of H-pyrrole nitrogens is 1. The van der Waals surface area contributed by atoms with Crippen LogP contribution in [0.4, 0.5) is 10.5 Å². The van der Waals surface area contributed by atoms with Crippen molar-refractivity contribution in [3.63, 3.8) is 0 Å². The summed E-state index contributed by atoms with van der Waals surface area (Å²) < 4.78 is 1.62. The van der Waals surface area contributed by atoms with Crippen molar-refractivity contribution in [1.82, 2.24) is 30.0 Å². The molecule has 4 rings (SSSR count). The maximum atomic E-state index is 13.2. The number of nitrogens with one attached hydrogen (secondary N) is 2. The summed E-state index contributed by atoms with van der Waals surface area (Å²) in [6, 6.07) is 10.4. The lowest BCUT2D eigenvalue weighted by atomic mass is 10.1. The topological polar surface area (TPSA) is 99.2 Å². The molecule has 2 N–H and O–H groups in total. The summed E-state index contributed by atoms with van der Waals surface area (Å²) in [5.74, 6) is 0.718. The van der Waals surface area contributed by atoms with Crippen LogP contribution in [0.5, 0.6) is 0 Å².